The lowest BCUT2D eigenvalue weighted by atomic mass is 10.00. The Labute approximate surface area is 191 Å². The van der Waals surface area contributed by atoms with E-state index in [1.54, 1.807) is 0 Å². The Hall–Kier alpha value is -2.95. The quantitative estimate of drug-likeness (QED) is 0.376. The standard InChI is InChI=1S/C28H33NO3/c1-5-31-27(30)25-18-16-22(17-19-25)20-29(4)28(2,3)21-32-26(23-12-8-6-9-13-23)24-14-10-7-11-15-24/h6-19,26H,5,20-21H2,1-4H3. The summed E-state index contributed by atoms with van der Waals surface area (Å²) in [5.74, 6) is -0.283. The smallest absolute Gasteiger partial charge is 0.338 e. The summed E-state index contributed by atoms with van der Waals surface area (Å²) in [5, 5.41) is 0. The average Bonchev–Trinajstić information content (AvgIpc) is 2.81. The summed E-state index contributed by atoms with van der Waals surface area (Å²) < 4.78 is 11.6. The number of esters is 1. The molecule has 0 N–H and O–H groups in total. The first-order valence-corrected chi connectivity index (χ1v) is 11.1. The van der Waals surface area contributed by atoms with Gasteiger partial charge in [0.05, 0.1) is 18.8 Å². The van der Waals surface area contributed by atoms with Crippen LogP contribution in [0.1, 0.15) is 53.9 Å². The molecule has 4 nitrogen and oxygen atoms in total. The van der Waals surface area contributed by atoms with Crippen LogP contribution in [-0.4, -0.2) is 36.7 Å². The van der Waals surface area contributed by atoms with Gasteiger partial charge >= 0.3 is 5.97 Å². The second kappa shape index (κ2) is 11.1. The van der Waals surface area contributed by atoms with Gasteiger partial charge in [-0.15, -0.1) is 0 Å². The fourth-order valence-electron chi connectivity index (χ4n) is 3.49. The summed E-state index contributed by atoms with van der Waals surface area (Å²) in [7, 11) is 2.10. The predicted molar refractivity (Wildman–Crippen MR) is 129 cm³/mol. The molecule has 0 radical (unpaired) electrons. The lowest BCUT2D eigenvalue weighted by Crippen LogP contribution is -2.44. The Morgan fingerprint density at radius 2 is 1.41 bits per heavy atom. The van der Waals surface area contributed by atoms with E-state index in [1.165, 1.54) is 0 Å². The summed E-state index contributed by atoms with van der Waals surface area (Å²) in [6, 6.07) is 28.3. The van der Waals surface area contributed by atoms with Crippen LogP contribution in [0.2, 0.25) is 0 Å². The molecule has 3 rings (SSSR count). The number of nitrogens with zero attached hydrogens (tertiary/aromatic N) is 1. The monoisotopic (exact) mass is 431 g/mol. The molecule has 0 aliphatic heterocycles. The Morgan fingerprint density at radius 3 is 1.91 bits per heavy atom. The van der Waals surface area contributed by atoms with E-state index in [0.29, 0.717) is 18.8 Å². The normalized spacial score (nSPS) is 11.7. The first-order valence-electron chi connectivity index (χ1n) is 11.1. The molecular weight excluding hydrogens is 398 g/mol. The summed E-state index contributed by atoms with van der Waals surface area (Å²) >= 11 is 0. The summed E-state index contributed by atoms with van der Waals surface area (Å²) in [5.41, 5.74) is 3.81. The number of benzene rings is 3. The molecule has 0 heterocycles. The molecule has 0 unspecified atom stereocenters. The van der Waals surface area contributed by atoms with Crippen LogP contribution >= 0.6 is 0 Å². The van der Waals surface area contributed by atoms with Gasteiger partial charge in [-0.3, -0.25) is 4.90 Å². The third-order valence-corrected chi connectivity index (χ3v) is 5.73. The van der Waals surface area contributed by atoms with E-state index >= 15 is 0 Å². The zero-order valence-corrected chi connectivity index (χ0v) is 19.5. The van der Waals surface area contributed by atoms with Gasteiger partial charge in [0.15, 0.2) is 0 Å². The molecule has 32 heavy (non-hydrogen) atoms. The number of likely N-dealkylation sites (N-methyl/N-ethyl adjacent to an activating group) is 1. The van der Waals surface area contributed by atoms with Crippen molar-refractivity contribution in [2.75, 3.05) is 20.3 Å². The minimum atomic E-state index is -0.283. The summed E-state index contributed by atoms with van der Waals surface area (Å²) in [6.07, 6.45) is -0.117. The summed E-state index contributed by atoms with van der Waals surface area (Å²) in [6.45, 7) is 7.88. The van der Waals surface area contributed by atoms with Crippen LogP contribution in [0.25, 0.3) is 0 Å². The first kappa shape index (κ1) is 23.7. The zero-order chi connectivity index (χ0) is 23.0. The van der Waals surface area contributed by atoms with Crippen LogP contribution in [-0.2, 0) is 16.0 Å². The Balaban J connectivity index is 1.66. The second-order valence-electron chi connectivity index (χ2n) is 8.60. The predicted octanol–water partition coefficient (Wildman–Crippen LogP) is 5.88. The van der Waals surface area contributed by atoms with E-state index in [2.05, 4.69) is 50.1 Å². The maximum atomic E-state index is 11.9. The van der Waals surface area contributed by atoms with Crippen molar-refractivity contribution in [2.45, 2.75) is 39.0 Å². The van der Waals surface area contributed by atoms with Gasteiger partial charge in [-0.05, 0) is 56.6 Å². The van der Waals surface area contributed by atoms with E-state index in [-0.39, 0.29) is 17.6 Å². The number of rotatable bonds is 10. The molecule has 4 heteroatoms. The second-order valence-corrected chi connectivity index (χ2v) is 8.60. The van der Waals surface area contributed by atoms with Crippen molar-refractivity contribution in [1.82, 2.24) is 4.90 Å². The van der Waals surface area contributed by atoms with Crippen LogP contribution in [0.5, 0.6) is 0 Å². The molecule has 0 aliphatic carbocycles. The largest absolute Gasteiger partial charge is 0.462 e. The van der Waals surface area contributed by atoms with Crippen LogP contribution < -0.4 is 0 Å². The lowest BCUT2D eigenvalue weighted by molar-refractivity contribution is -0.00737. The van der Waals surface area contributed by atoms with E-state index in [1.807, 2.05) is 67.6 Å². The van der Waals surface area contributed by atoms with Gasteiger partial charge in [0.1, 0.15) is 6.10 Å². The zero-order valence-electron chi connectivity index (χ0n) is 19.5. The third kappa shape index (κ3) is 6.28. The molecule has 0 bridgehead atoms. The Bertz CT molecular complexity index is 929. The highest BCUT2D eigenvalue weighted by Gasteiger charge is 2.26. The SMILES string of the molecule is CCOC(=O)c1ccc(CN(C)C(C)(C)COC(c2ccccc2)c2ccccc2)cc1. The van der Waals surface area contributed by atoms with Crippen LogP contribution in [0, 0.1) is 0 Å². The number of hydrogen-bond acceptors (Lipinski definition) is 4. The molecule has 0 saturated carbocycles. The molecule has 0 aliphatic rings. The highest BCUT2D eigenvalue weighted by Crippen LogP contribution is 2.28. The van der Waals surface area contributed by atoms with Gasteiger partial charge in [0.25, 0.3) is 0 Å². The molecule has 0 fully saturated rings. The number of carbonyl (C=O) groups excluding carboxylic acids is 1. The molecule has 0 amide bonds. The maximum absolute atomic E-state index is 11.9. The van der Waals surface area contributed by atoms with Gasteiger partial charge in [-0.1, -0.05) is 72.8 Å². The van der Waals surface area contributed by atoms with Crippen LogP contribution in [0.15, 0.2) is 84.9 Å². The van der Waals surface area contributed by atoms with Crippen molar-refractivity contribution in [2.24, 2.45) is 0 Å². The topological polar surface area (TPSA) is 38.8 Å². The van der Waals surface area contributed by atoms with Gasteiger partial charge in [0.2, 0.25) is 0 Å². The van der Waals surface area contributed by atoms with E-state index in [4.69, 9.17) is 9.47 Å². The third-order valence-electron chi connectivity index (χ3n) is 5.73. The Morgan fingerprint density at radius 1 is 0.875 bits per heavy atom. The molecule has 3 aromatic carbocycles. The number of ether oxygens (including phenoxy) is 2. The van der Waals surface area contributed by atoms with E-state index in [9.17, 15) is 4.79 Å². The van der Waals surface area contributed by atoms with Crippen molar-refractivity contribution in [3.8, 4) is 0 Å². The number of carbonyl (C=O) groups is 1. The molecule has 0 spiro atoms. The van der Waals surface area contributed by atoms with Crippen LogP contribution in [0.3, 0.4) is 0 Å². The van der Waals surface area contributed by atoms with Crippen molar-refractivity contribution < 1.29 is 14.3 Å². The van der Waals surface area contributed by atoms with E-state index in [0.717, 1.165) is 23.2 Å². The average molecular weight is 432 g/mol. The molecule has 0 aromatic heterocycles. The van der Waals surface area contributed by atoms with Gasteiger partial charge in [-0.25, -0.2) is 4.79 Å². The highest BCUT2D eigenvalue weighted by atomic mass is 16.5. The summed E-state index contributed by atoms with van der Waals surface area (Å²) in [4.78, 5) is 14.1. The first-order chi connectivity index (χ1) is 15.4. The van der Waals surface area contributed by atoms with Gasteiger partial charge in [0, 0.05) is 12.1 Å². The van der Waals surface area contributed by atoms with Crippen molar-refractivity contribution in [3.05, 3.63) is 107 Å². The fourth-order valence-corrected chi connectivity index (χ4v) is 3.49. The highest BCUT2D eigenvalue weighted by molar-refractivity contribution is 5.89. The maximum Gasteiger partial charge on any atom is 0.338 e. The Kier molecular flexibility index (Phi) is 8.20. The minimum absolute atomic E-state index is 0.117. The van der Waals surface area contributed by atoms with Gasteiger partial charge < -0.3 is 9.47 Å². The fraction of sp³-hybridized carbons (Fsp3) is 0.321. The lowest BCUT2D eigenvalue weighted by Gasteiger charge is -2.37. The van der Waals surface area contributed by atoms with E-state index < -0.39 is 0 Å². The van der Waals surface area contributed by atoms with Crippen molar-refractivity contribution in [3.63, 3.8) is 0 Å². The minimum Gasteiger partial charge on any atom is -0.462 e. The molecule has 0 atom stereocenters. The molecule has 3 aromatic rings. The molecular formula is C28H33NO3. The number of hydrogen-bond donors (Lipinski definition) is 0. The van der Waals surface area contributed by atoms with Crippen molar-refractivity contribution in [1.29, 1.82) is 0 Å². The molecule has 0 saturated heterocycles. The van der Waals surface area contributed by atoms with Crippen molar-refractivity contribution >= 4 is 5.97 Å². The van der Waals surface area contributed by atoms with Gasteiger partial charge in [-0.2, -0.15) is 0 Å². The van der Waals surface area contributed by atoms with Crippen LogP contribution in [0.4, 0.5) is 0 Å². The molecule has 168 valence electrons.